The summed E-state index contributed by atoms with van der Waals surface area (Å²) in [5.74, 6) is -0.121. The van der Waals surface area contributed by atoms with Gasteiger partial charge in [0.1, 0.15) is 5.75 Å². The standard InChI is InChI=1S/C25H19N3O5S2/c1-16-4-2-5-18(12-16)26-23(29)15-33-21-10-8-17(9-11-21)13-22-24(30)27(25(34)35-22)19-6-3-7-20(14-19)28(31)32/h2-14H,15H2,1H3,(H,26,29)/b22-13-. The molecular formula is C25H19N3O5S2. The molecule has 0 spiro atoms. The Balaban J connectivity index is 1.39. The molecule has 1 heterocycles. The van der Waals surface area contributed by atoms with E-state index in [1.165, 1.54) is 23.1 Å². The molecule has 0 bridgehead atoms. The van der Waals surface area contributed by atoms with Gasteiger partial charge >= 0.3 is 0 Å². The molecule has 1 aliphatic heterocycles. The fraction of sp³-hybridized carbons (Fsp3) is 0.0800. The number of nitro benzene ring substituents is 1. The summed E-state index contributed by atoms with van der Waals surface area (Å²) in [6, 6.07) is 20.2. The zero-order valence-corrected chi connectivity index (χ0v) is 20.1. The first-order valence-corrected chi connectivity index (χ1v) is 11.6. The molecule has 0 saturated carbocycles. The summed E-state index contributed by atoms with van der Waals surface area (Å²) < 4.78 is 5.84. The fourth-order valence-corrected chi connectivity index (χ4v) is 4.62. The molecule has 0 radical (unpaired) electrons. The summed E-state index contributed by atoms with van der Waals surface area (Å²) in [7, 11) is 0. The average molecular weight is 506 g/mol. The van der Waals surface area contributed by atoms with E-state index in [2.05, 4.69) is 5.32 Å². The molecule has 4 rings (SSSR count). The van der Waals surface area contributed by atoms with Crippen molar-refractivity contribution in [1.29, 1.82) is 0 Å². The molecule has 3 aromatic rings. The highest BCUT2D eigenvalue weighted by molar-refractivity contribution is 8.27. The maximum absolute atomic E-state index is 12.9. The number of nitrogens with one attached hydrogen (secondary N) is 1. The minimum Gasteiger partial charge on any atom is -0.484 e. The van der Waals surface area contributed by atoms with E-state index in [9.17, 15) is 19.7 Å². The predicted molar refractivity (Wildman–Crippen MR) is 140 cm³/mol. The molecule has 0 unspecified atom stereocenters. The molecule has 3 aromatic carbocycles. The second kappa shape index (κ2) is 10.5. The van der Waals surface area contributed by atoms with E-state index in [0.29, 0.717) is 26.3 Å². The van der Waals surface area contributed by atoms with Gasteiger partial charge in [-0.3, -0.25) is 24.6 Å². The fourth-order valence-electron chi connectivity index (χ4n) is 3.32. The minimum absolute atomic E-state index is 0.122. The summed E-state index contributed by atoms with van der Waals surface area (Å²) in [6.45, 7) is 1.80. The monoisotopic (exact) mass is 505 g/mol. The third-order valence-electron chi connectivity index (χ3n) is 4.94. The number of non-ortho nitro benzene ring substituents is 1. The number of aryl methyl sites for hydroxylation is 1. The molecule has 0 aromatic heterocycles. The van der Waals surface area contributed by atoms with Gasteiger partial charge in [0.15, 0.2) is 10.9 Å². The molecule has 1 aliphatic rings. The number of hydrogen-bond donors (Lipinski definition) is 1. The van der Waals surface area contributed by atoms with E-state index < -0.39 is 4.92 Å². The lowest BCUT2D eigenvalue weighted by Gasteiger charge is -2.13. The summed E-state index contributed by atoms with van der Waals surface area (Å²) in [4.78, 5) is 37.3. The van der Waals surface area contributed by atoms with Crippen molar-refractivity contribution in [2.75, 3.05) is 16.8 Å². The van der Waals surface area contributed by atoms with Crippen LogP contribution in [0.3, 0.4) is 0 Å². The molecule has 35 heavy (non-hydrogen) atoms. The molecule has 1 fully saturated rings. The van der Waals surface area contributed by atoms with E-state index in [0.717, 1.165) is 22.9 Å². The third-order valence-corrected chi connectivity index (χ3v) is 6.24. The second-order valence-electron chi connectivity index (χ2n) is 7.57. The number of carbonyl (C=O) groups is 2. The van der Waals surface area contributed by atoms with Gasteiger partial charge in [0.25, 0.3) is 17.5 Å². The molecule has 2 amide bonds. The van der Waals surface area contributed by atoms with Gasteiger partial charge in [0.05, 0.1) is 15.5 Å². The van der Waals surface area contributed by atoms with Gasteiger partial charge in [0.2, 0.25) is 0 Å². The van der Waals surface area contributed by atoms with Crippen LogP contribution in [0.25, 0.3) is 6.08 Å². The zero-order chi connectivity index (χ0) is 24.9. The lowest BCUT2D eigenvalue weighted by molar-refractivity contribution is -0.384. The van der Waals surface area contributed by atoms with Crippen molar-refractivity contribution >= 4 is 63.3 Å². The highest BCUT2D eigenvalue weighted by atomic mass is 32.2. The van der Waals surface area contributed by atoms with Crippen LogP contribution in [-0.2, 0) is 9.59 Å². The Bertz CT molecular complexity index is 1360. The van der Waals surface area contributed by atoms with E-state index in [-0.39, 0.29) is 24.1 Å². The van der Waals surface area contributed by atoms with Crippen molar-refractivity contribution in [3.05, 3.63) is 98.9 Å². The maximum atomic E-state index is 12.9. The zero-order valence-electron chi connectivity index (χ0n) is 18.5. The van der Waals surface area contributed by atoms with Crippen LogP contribution in [0, 0.1) is 17.0 Å². The van der Waals surface area contributed by atoms with Gasteiger partial charge in [-0.25, -0.2) is 0 Å². The SMILES string of the molecule is Cc1cccc(NC(=O)COc2ccc(/C=C3\SC(=S)N(c4cccc([N+](=O)[O-])c4)C3=O)cc2)c1. The van der Waals surface area contributed by atoms with Crippen molar-refractivity contribution in [1.82, 2.24) is 0 Å². The predicted octanol–water partition coefficient (Wildman–Crippen LogP) is 5.33. The lowest BCUT2D eigenvalue weighted by Crippen LogP contribution is -2.27. The number of nitrogens with zero attached hydrogens (tertiary/aromatic N) is 2. The van der Waals surface area contributed by atoms with E-state index in [1.807, 2.05) is 25.1 Å². The number of thioether (sulfide) groups is 1. The summed E-state index contributed by atoms with van der Waals surface area (Å²) in [5, 5.41) is 13.8. The van der Waals surface area contributed by atoms with Crippen LogP contribution in [0.15, 0.2) is 77.7 Å². The molecule has 0 atom stereocenters. The molecule has 1 N–H and O–H groups in total. The van der Waals surface area contributed by atoms with Crippen molar-refractivity contribution < 1.29 is 19.2 Å². The average Bonchev–Trinajstić information content (AvgIpc) is 3.11. The van der Waals surface area contributed by atoms with Crippen LogP contribution in [0.2, 0.25) is 0 Å². The molecule has 0 aliphatic carbocycles. The summed E-state index contributed by atoms with van der Waals surface area (Å²) in [6.07, 6.45) is 1.69. The molecule has 176 valence electrons. The third kappa shape index (κ3) is 5.92. The highest BCUT2D eigenvalue weighted by Gasteiger charge is 2.33. The Hall–Kier alpha value is -4.02. The number of nitro groups is 1. The Kier molecular flexibility index (Phi) is 7.23. The van der Waals surface area contributed by atoms with Crippen molar-refractivity contribution in [2.45, 2.75) is 6.92 Å². The van der Waals surface area contributed by atoms with Gasteiger partial charge in [-0.05, 0) is 54.5 Å². The van der Waals surface area contributed by atoms with Crippen molar-refractivity contribution in [2.24, 2.45) is 0 Å². The van der Waals surface area contributed by atoms with Gasteiger partial charge in [0, 0.05) is 17.8 Å². The number of thiocarbonyl (C=S) groups is 1. The van der Waals surface area contributed by atoms with Gasteiger partial charge in [-0.1, -0.05) is 54.3 Å². The Labute approximate surface area is 210 Å². The van der Waals surface area contributed by atoms with E-state index in [1.54, 1.807) is 42.5 Å². The van der Waals surface area contributed by atoms with Crippen LogP contribution < -0.4 is 15.0 Å². The number of amides is 2. The summed E-state index contributed by atoms with van der Waals surface area (Å²) in [5.41, 5.74) is 2.71. The van der Waals surface area contributed by atoms with Crippen LogP contribution >= 0.6 is 24.0 Å². The maximum Gasteiger partial charge on any atom is 0.271 e. The normalized spacial score (nSPS) is 14.3. The molecular weight excluding hydrogens is 486 g/mol. The van der Waals surface area contributed by atoms with Crippen molar-refractivity contribution in [3.8, 4) is 5.75 Å². The minimum atomic E-state index is -0.521. The van der Waals surface area contributed by atoms with Gasteiger partial charge < -0.3 is 10.1 Å². The van der Waals surface area contributed by atoms with Crippen molar-refractivity contribution in [3.63, 3.8) is 0 Å². The van der Waals surface area contributed by atoms with Crippen LogP contribution in [0.1, 0.15) is 11.1 Å². The quantitative estimate of drug-likeness (QED) is 0.200. The Morgan fingerprint density at radius 1 is 1.14 bits per heavy atom. The second-order valence-corrected chi connectivity index (χ2v) is 9.25. The van der Waals surface area contributed by atoms with Crippen LogP contribution in [0.4, 0.5) is 17.1 Å². The number of carbonyl (C=O) groups excluding carboxylic acids is 2. The Morgan fingerprint density at radius 2 is 1.89 bits per heavy atom. The first kappa shape index (κ1) is 24.1. The number of benzene rings is 3. The number of hydrogen-bond acceptors (Lipinski definition) is 7. The van der Waals surface area contributed by atoms with Crippen LogP contribution in [0.5, 0.6) is 5.75 Å². The molecule has 1 saturated heterocycles. The summed E-state index contributed by atoms with van der Waals surface area (Å²) >= 11 is 6.46. The topological polar surface area (TPSA) is 102 Å². The number of rotatable bonds is 7. The largest absolute Gasteiger partial charge is 0.484 e. The Morgan fingerprint density at radius 3 is 2.60 bits per heavy atom. The lowest BCUT2D eigenvalue weighted by atomic mass is 10.2. The van der Waals surface area contributed by atoms with Gasteiger partial charge in [-0.2, -0.15) is 0 Å². The number of anilines is 2. The van der Waals surface area contributed by atoms with Gasteiger partial charge in [-0.15, -0.1) is 0 Å². The smallest absolute Gasteiger partial charge is 0.271 e. The first-order chi connectivity index (χ1) is 16.8. The molecule has 8 nitrogen and oxygen atoms in total. The first-order valence-electron chi connectivity index (χ1n) is 10.4. The number of ether oxygens (including phenoxy) is 1. The highest BCUT2D eigenvalue weighted by Crippen LogP contribution is 2.37. The molecule has 10 heteroatoms. The van der Waals surface area contributed by atoms with Crippen LogP contribution in [-0.4, -0.2) is 27.7 Å². The van der Waals surface area contributed by atoms with E-state index >= 15 is 0 Å². The van der Waals surface area contributed by atoms with E-state index in [4.69, 9.17) is 17.0 Å².